The first-order valence-corrected chi connectivity index (χ1v) is 9.99. The summed E-state index contributed by atoms with van der Waals surface area (Å²) in [5.41, 5.74) is 9.90. The summed E-state index contributed by atoms with van der Waals surface area (Å²) in [4.78, 5) is 10.9. The third-order valence-electron chi connectivity index (χ3n) is 5.63. The van der Waals surface area contributed by atoms with Crippen molar-refractivity contribution < 1.29 is 9.13 Å². The number of anilines is 1. The molecule has 0 radical (unpaired) electrons. The van der Waals surface area contributed by atoms with Crippen molar-refractivity contribution >= 4 is 5.82 Å². The van der Waals surface area contributed by atoms with Crippen LogP contribution in [0.2, 0.25) is 0 Å². The summed E-state index contributed by atoms with van der Waals surface area (Å²) in [5, 5.41) is 13.8. The van der Waals surface area contributed by atoms with Crippen LogP contribution >= 0.6 is 0 Å². The quantitative estimate of drug-likeness (QED) is 0.675. The SMILES string of the molecule is Cc1nn(C)c(C#N)c1-c1cnc(N)c(O[C@H](C)c2cc(F)ccc2C2CN(C)C2)n1. The molecule has 3 aromatic rings. The van der Waals surface area contributed by atoms with Gasteiger partial charge in [0, 0.05) is 26.1 Å². The smallest absolute Gasteiger partial charge is 0.258 e. The van der Waals surface area contributed by atoms with E-state index >= 15 is 0 Å². The highest BCUT2D eigenvalue weighted by atomic mass is 19.1. The molecule has 3 heterocycles. The van der Waals surface area contributed by atoms with E-state index in [9.17, 15) is 9.65 Å². The third kappa shape index (κ3) is 3.82. The van der Waals surface area contributed by atoms with Crippen LogP contribution in [0, 0.1) is 24.1 Å². The minimum absolute atomic E-state index is 0.122. The van der Waals surface area contributed by atoms with Crippen LogP contribution in [0.4, 0.5) is 10.2 Å². The van der Waals surface area contributed by atoms with Gasteiger partial charge in [-0.3, -0.25) is 4.68 Å². The summed E-state index contributed by atoms with van der Waals surface area (Å²) in [5.74, 6) is 0.270. The lowest BCUT2D eigenvalue weighted by molar-refractivity contribution is 0.180. The standard InChI is InChI=1S/C22H24FN7O/c1-12-20(19(8-24)30(4)28-12)18-9-26-21(25)22(27-18)31-13(2)17-7-15(23)5-6-16(17)14-10-29(3)11-14/h5-7,9,13-14H,10-11H2,1-4H3,(H2,25,26)/t13-/m1/s1. The molecule has 0 spiro atoms. The summed E-state index contributed by atoms with van der Waals surface area (Å²) < 4.78 is 21.6. The average Bonchev–Trinajstić information content (AvgIpc) is 3.00. The molecule has 2 aromatic heterocycles. The number of nitrogens with zero attached hydrogens (tertiary/aromatic N) is 6. The number of hydrogen-bond acceptors (Lipinski definition) is 7. The number of likely N-dealkylation sites (N-methyl/N-ethyl adjacent to an activating group) is 1. The van der Waals surface area contributed by atoms with E-state index in [1.165, 1.54) is 23.0 Å². The first-order chi connectivity index (χ1) is 14.8. The summed E-state index contributed by atoms with van der Waals surface area (Å²) >= 11 is 0. The Morgan fingerprint density at radius 3 is 2.74 bits per heavy atom. The molecule has 0 aliphatic carbocycles. The molecule has 0 saturated carbocycles. The number of aryl methyl sites for hydroxylation is 2. The summed E-state index contributed by atoms with van der Waals surface area (Å²) in [6, 6.07) is 6.95. The predicted octanol–water partition coefficient (Wildman–Crippen LogP) is 2.95. The second kappa shape index (κ2) is 7.96. The van der Waals surface area contributed by atoms with Crippen LogP contribution in [0.3, 0.4) is 0 Å². The molecular weight excluding hydrogens is 397 g/mol. The number of ether oxygens (including phenoxy) is 1. The van der Waals surface area contributed by atoms with E-state index in [1.54, 1.807) is 14.0 Å². The van der Waals surface area contributed by atoms with Crippen LogP contribution in [0.25, 0.3) is 11.3 Å². The first-order valence-electron chi connectivity index (χ1n) is 9.99. The number of hydrogen-bond donors (Lipinski definition) is 1. The van der Waals surface area contributed by atoms with Crippen molar-refractivity contribution in [2.24, 2.45) is 7.05 Å². The lowest BCUT2D eigenvalue weighted by atomic mass is 9.87. The average molecular weight is 421 g/mol. The van der Waals surface area contributed by atoms with Gasteiger partial charge in [0.05, 0.1) is 23.1 Å². The zero-order chi connectivity index (χ0) is 22.3. The van der Waals surface area contributed by atoms with E-state index in [0.717, 1.165) is 24.2 Å². The highest BCUT2D eigenvalue weighted by Gasteiger charge is 2.29. The van der Waals surface area contributed by atoms with Gasteiger partial charge in [-0.05, 0) is 44.2 Å². The van der Waals surface area contributed by atoms with Crippen LogP contribution in [-0.4, -0.2) is 44.8 Å². The fourth-order valence-corrected chi connectivity index (χ4v) is 4.08. The van der Waals surface area contributed by atoms with E-state index in [0.29, 0.717) is 28.6 Å². The van der Waals surface area contributed by atoms with Gasteiger partial charge in [-0.15, -0.1) is 0 Å². The molecular formula is C22H24FN7O. The fourth-order valence-electron chi connectivity index (χ4n) is 4.08. The third-order valence-corrected chi connectivity index (χ3v) is 5.63. The monoisotopic (exact) mass is 421 g/mol. The molecule has 1 atom stereocenters. The van der Waals surface area contributed by atoms with Crippen molar-refractivity contribution in [2.75, 3.05) is 25.9 Å². The molecule has 4 rings (SSSR count). The lowest BCUT2D eigenvalue weighted by Gasteiger charge is -2.38. The molecule has 0 bridgehead atoms. The minimum Gasteiger partial charge on any atom is -0.467 e. The summed E-state index contributed by atoms with van der Waals surface area (Å²) in [7, 11) is 3.75. The second-order valence-corrected chi connectivity index (χ2v) is 7.94. The van der Waals surface area contributed by atoms with E-state index in [2.05, 4.69) is 33.1 Å². The number of halogens is 1. The minimum atomic E-state index is -0.492. The lowest BCUT2D eigenvalue weighted by Crippen LogP contribution is -2.42. The summed E-state index contributed by atoms with van der Waals surface area (Å²) in [6.45, 7) is 5.47. The molecule has 0 amide bonds. The van der Waals surface area contributed by atoms with Crippen LogP contribution in [0.5, 0.6) is 5.88 Å². The Balaban J connectivity index is 1.68. The fraction of sp³-hybridized carbons (Fsp3) is 0.364. The van der Waals surface area contributed by atoms with Gasteiger partial charge in [0.2, 0.25) is 0 Å². The van der Waals surface area contributed by atoms with Gasteiger partial charge in [0.1, 0.15) is 23.7 Å². The number of rotatable bonds is 5. The molecule has 1 fully saturated rings. The van der Waals surface area contributed by atoms with Crippen molar-refractivity contribution in [2.45, 2.75) is 25.9 Å². The highest BCUT2D eigenvalue weighted by Crippen LogP contribution is 2.35. The molecule has 8 nitrogen and oxygen atoms in total. The topological polar surface area (TPSA) is 106 Å². The zero-order valence-electron chi connectivity index (χ0n) is 17.9. The zero-order valence-corrected chi connectivity index (χ0v) is 17.9. The van der Waals surface area contributed by atoms with E-state index in [4.69, 9.17) is 10.5 Å². The Morgan fingerprint density at radius 1 is 1.32 bits per heavy atom. The second-order valence-electron chi connectivity index (χ2n) is 7.94. The van der Waals surface area contributed by atoms with Crippen molar-refractivity contribution in [3.8, 4) is 23.2 Å². The molecule has 9 heteroatoms. The van der Waals surface area contributed by atoms with Crippen LogP contribution in [0.1, 0.15) is 41.5 Å². The normalized spacial score (nSPS) is 15.4. The van der Waals surface area contributed by atoms with Crippen molar-refractivity contribution in [3.05, 3.63) is 52.7 Å². The number of benzene rings is 1. The predicted molar refractivity (Wildman–Crippen MR) is 114 cm³/mol. The van der Waals surface area contributed by atoms with Crippen LogP contribution in [0.15, 0.2) is 24.4 Å². The number of aromatic nitrogens is 4. The molecule has 160 valence electrons. The maximum atomic E-state index is 14.0. The van der Waals surface area contributed by atoms with Crippen LogP contribution < -0.4 is 10.5 Å². The van der Waals surface area contributed by atoms with Gasteiger partial charge < -0.3 is 15.4 Å². The van der Waals surface area contributed by atoms with Crippen molar-refractivity contribution in [1.29, 1.82) is 5.26 Å². The van der Waals surface area contributed by atoms with Gasteiger partial charge in [-0.1, -0.05) is 6.07 Å². The van der Waals surface area contributed by atoms with E-state index < -0.39 is 6.10 Å². The van der Waals surface area contributed by atoms with Gasteiger partial charge in [-0.2, -0.15) is 10.4 Å². The Bertz CT molecular complexity index is 1180. The van der Waals surface area contributed by atoms with E-state index in [1.807, 2.05) is 13.0 Å². The highest BCUT2D eigenvalue weighted by molar-refractivity contribution is 5.68. The Kier molecular flexibility index (Phi) is 5.33. The maximum absolute atomic E-state index is 14.0. The maximum Gasteiger partial charge on any atom is 0.258 e. The Morgan fingerprint density at radius 2 is 2.06 bits per heavy atom. The Labute approximate surface area is 180 Å². The summed E-state index contributed by atoms with van der Waals surface area (Å²) in [6.07, 6.45) is 1.00. The number of likely N-dealkylation sites (tertiary alicyclic amines) is 1. The first kappa shape index (κ1) is 20.8. The molecule has 1 aliphatic heterocycles. The van der Waals surface area contributed by atoms with Crippen molar-refractivity contribution in [3.63, 3.8) is 0 Å². The van der Waals surface area contributed by atoms with Crippen molar-refractivity contribution in [1.82, 2.24) is 24.6 Å². The largest absolute Gasteiger partial charge is 0.467 e. The van der Waals surface area contributed by atoms with Crippen LogP contribution in [-0.2, 0) is 7.05 Å². The van der Waals surface area contributed by atoms with E-state index in [-0.39, 0.29) is 17.5 Å². The molecule has 1 aromatic carbocycles. The molecule has 1 aliphatic rings. The Hall–Kier alpha value is -3.51. The molecule has 1 saturated heterocycles. The molecule has 0 unspecified atom stereocenters. The molecule has 2 N–H and O–H groups in total. The van der Waals surface area contributed by atoms with Gasteiger partial charge >= 0.3 is 0 Å². The molecule has 31 heavy (non-hydrogen) atoms. The van der Waals surface area contributed by atoms with Gasteiger partial charge in [-0.25, -0.2) is 14.4 Å². The van der Waals surface area contributed by atoms with Gasteiger partial charge in [0.25, 0.3) is 5.88 Å². The number of nitrogens with two attached hydrogens (primary N) is 1. The number of nitrogen functional groups attached to an aromatic ring is 1. The number of nitriles is 1. The van der Waals surface area contributed by atoms with Gasteiger partial charge in [0.15, 0.2) is 5.82 Å².